The largest absolute Gasteiger partial charge is 0.337 e. The quantitative estimate of drug-likeness (QED) is 0.855. The molecule has 6 nitrogen and oxygen atoms in total. The summed E-state index contributed by atoms with van der Waals surface area (Å²) < 4.78 is 2.10. The molecule has 2 aliphatic heterocycles. The Balaban J connectivity index is 1.63. The first-order chi connectivity index (χ1) is 12.1. The van der Waals surface area contributed by atoms with E-state index in [2.05, 4.69) is 19.4 Å². The van der Waals surface area contributed by atoms with Crippen molar-refractivity contribution in [3.63, 3.8) is 0 Å². The fourth-order valence-corrected chi connectivity index (χ4v) is 3.99. The summed E-state index contributed by atoms with van der Waals surface area (Å²) >= 11 is 0. The monoisotopic (exact) mass is 339 g/mol. The van der Waals surface area contributed by atoms with Gasteiger partial charge in [-0.3, -0.25) is 9.78 Å². The number of hydrogen-bond donors (Lipinski definition) is 0. The molecule has 6 heteroatoms. The molecule has 2 aromatic rings. The van der Waals surface area contributed by atoms with E-state index in [-0.39, 0.29) is 11.9 Å². The average Bonchev–Trinajstić information content (AvgIpc) is 3.24. The molecule has 0 saturated carbocycles. The Kier molecular flexibility index (Phi) is 4.29. The molecule has 132 valence electrons. The van der Waals surface area contributed by atoms with Crippen molar-refractivity contribution in [3.05, 3.63) is 47.3 Å². The topological polar surface area (TPSA) is 54.3 Å². The molecule has 0 aliphatic carbocycles. The van der Waals surface area contributed by atoms with Gasteiger partial charge in [-0.25, -0.2) is 4.98 Å². The number of rotatable bonds is 3. The Morgan fingerprint density at radius 1 is 1.28 bits per heavy atom. The minimum absolute atomic E-state index is 0.0178. The number of carbonyl (C=O) groups is 1. The highest BCUT2D eigenvalue weighted by atomic mass is 16.2. The molecule has 2 aliphatic rings. The van der Waals surface area contributed by atoms with Crippen LogP contribution in [-0.4, -0.2) is 55.9 Å². The van der Waals surface area contributed by atoms with Gasteiger partial charge in [-0.2, -0.15) is 0 Å². The second-order valence-electron chi connectivity index (χ2n) is 7.27. The molecule has 1 atom stereocenters. The maximum absolute atomic E-state index is 13.2. The van der Waals surface area contributed by atoms with Crippen molar-refractivity contribution >= 4 is 5.91 Å². The van der Waals surface area contributed by atoms with Gasteiger partial charge in [0.1, 0.15) is 5.69 Å². The molecule has 0 spiro atoms. The molecule has 1 amide bonds. The first-order valence-corrected chi connectivity index (χ1v) is 9.07. The van der Waals surface area contributed by atoms with Crippen LogP contribution in [0.25, 0.3) is 0 Å². The number of aryl methyl sites for hydroxylation is 2. The van der Waals surface area contributed by atoms with Crippen molar-refractivity contribution in [2.24, 2.45) is 7.05 Å². The molecular weight excluding hydrogens is 314 g/mol. The second-order valence-corrected chi connectivity index (χ2v) is 7.27. The predicted octanol–water partition coefficient (Wildman–Crippen LogP) is 1.79. The summed E-state index contributed by atoms with van der Waals surface area (Å²) in [5.41, 5.74) is 3.86. The normalized spacial score (nSPS) is 20.7. The number of fused-ring (bicyclic) bond motifs is 1. The highest BCUT2D eigenvalue weighted by Gasteiger charge is 2.34. The number of nitrogens with zero attached hydrogens (tertiary/aromatic N) is 5. The van der Waals surface area contributed by atoms with Crippen LogP contribution in [0, 0.1) is 6.92 Å². The zero-order chi connectivity index (χ0) is 17.4. The van der Waals surface area contributed by atoms with Gasteiger partial charge in [0.05, 0.1) is 24.6 Å². The van der Waals surface area contributed by atoms with E-state index in [0.29, 0.717) is 12.2 Å². The van der Waals surface area contributed by atoms with Crippen molar-refractivity contribution < 1.29 is 4.79 Å². The smallest absolute Gasteiger partial charge is 0.273 e. The van der Waals surface area contributed by atoms with E-state index in [4.69, 9.17) is 0 Å². The van der Waals surface area contributed by atoms with E-state index >= 15 is 0 Å². The third kappa shape index (κ3) is 3.18. The summed E-state index contributed by atoms with van der Waals surface area (Å²) in [7, 11) is 2.04. The lowest BCUT2D eigenvalue weighted by molar-refractivity contribution is 0.0581. The van der Waals surface area contributed by atoms with Crippen molar-refractivity contribution in [3.8, 4) is 0 Å². The second kappa shape index (κ2) is 6.59. The van der Waals surface area contributed by atoms with Crippen LogP contribution < -0.4 is 0 Å². The SMILES string of the molecule is Cc1ccnc(C(=O)N2Cc3ncn(C)c3C[C@H]2CN2CCCC2)c1. The van der Waals surface area contributed by atoms with Crippen molar-refractivity contribution in [2.75, 3.05) is 19.6 Å². The van der Waals surface area contributed by atoms with Gasteiger partial charge in [-0.05, 0) is 50.6 Å². The number of hydrogen-bond acceptors (Lipinski definition) is 4. The first-order valence-electron chi connectivity index (χ1n) is 9.07. The van der Waals surface area contributed by atoms with Gasteiger partial charge in [-0.15, -0.1) is 0 Å². The Morgan fingerprint density at radius 2 is 2.08 bits per heavy atom. The Bertz CT molecular complexity index is 778. The van der Waals surface area contributed by atoms with Crippen molar-refractivity contribution in [2.45, 2.75) is 38.8 Å². The fraction of sp³-hybridized carbons (Fsp3) is 0.526. The molecule has 0 radical (unpaired) electrons. The van der Waals surface area contributed by atoms with E-state index < -0.39 is 0 Å². The zero-order valence-electron chi connectivity index (χ0n) is 15.0. The Morgan fingerprint density at radius 3 is 2.84 bits per heavy atom. The molecule has 0 bridgehead atoms. The molecule has 25 heavy (non-hydrogen) atoms. The molecular formula is C19H25N5O. The molecule has 4 rings (SSSR count). The van der Waals surface area contributed by atoms with Gasteiger partial charge in [0.2, 0.25) is 0 Å². The van der Waals surface area contributed by atoms with Crippen LogP contribution in [0.15, 0.2) is 24.7 Å². The lowest BCUT2D eigenvalue weighted by atomic mass is 10.0. The zero-order valence-corrected chi connectivity index (χ0v) is 15.0. The first kappa shape index (κ1) is 16.3. The van der Waals surface area contributed by atoms with E-state index in [0.717, 1.165) is 37.3 Å². The highest BCUT2D eigenvalue weighted by molar-refractivity contribution is 5.92. The van der Waals surface area contributed by atoms with E-state index in [1.165, 1.54) is 18.5 Å². The summed E-state index contributed by atoms with van der Waals surface area (Å²) in [6, 6.07) is 3.98. The van der Waals surface area contributed by atoms with Crippen LogP contribution in [0.4, 0.5) is 0 Å². The van der Waals surface area contributed by atoms with Crippen LogP contribution in [0.1, 0.15) is 40.3 Å². The van der Waals surface area contributed by atoms with Crippen molar-refractivity contribution in [1.82, 2.24) is 24.3 Å². The maximum Gasteiger partial charge on any atom is 0.273 e. The molecule has 0 unspecified atom stereocenters. The number of aromatic nitrogens is 3. The van der Waals surface area contributed by atoms with Crippen LogP contribution >= 0.6 is 0 Å². The summed E-state index contributed by atoms with van der Waals surface area (Å²) in [4.78, 5) is 26.4. The standard InChI is InChI=1S/C19H25N5O/c1-14-5-6-20-16(9-14)19(25)24-12-17-18(22(2)13-21-17)10-15(24)11-23-7-3-4-8-23/h5-6,9,13,15H,3-4,7-8,10-12H2,1-2H3/t15-/m0/s1. The third-order valence-corrected chi connectivity index (χ3v) is 5.40. The van der Waals surface area contributed by atoms with Gasteiger partial charge in [0.25, 0.3) is 5.91 Å². The molecule has 4 heterocycles. The minimum atomic E-state index is 0.0178. The number of pyridine rings is 1. The summed E-state index contributed by atoms with van der Waals surface area (Å²) in [6.07, 6.45) is 6.96. The predicted molar refractivity (Wildman–Crippen MR) is 95.2 cm³/mol. The molecule has 1 fully saturated rings. The number of carbonyl (C=O) groups excluding carboxylic acids is 1. The molecule has 2 aromatic heterocycles. The van der Waals surface area contributed by atoms with Gasteiger partial charge in [0.15, 0.2) is 0 Å². The molecule has 1 saturated heterocycles. The fourth-order valence-electron chi connectivity index (χ4n) is 3.99. The van der Waals surface area contributed by atoms with Crippen LogP contribution in [0.2, 0.25) is 0 Å². The number of amides is 1. The van der Waals surface area contributed by atoms with E-state index in [1.807, 2.05) is 37.3 Å². The molecule has 0 aromatic carbocycles. The van der Waals surface area contributed by atoms with Crippen LogP contribution in [-0.2, 0) is 20.0 Å². The average molecular weight is 339 g/mol. The van der Waals surface area contributed by atoms with Crippen molar-refractivity contribution in [1.29, 1.82) is 0 Å². The van der Waals surface area contributed by atoms with Crippen LogP contribution in [0.5, 0.6) is 0 Å². The van der Waals surface area contributed by atoms with Gasteiger partial charge >= 0.3 is 0 Å². The highest BCUT2D eigenvalue weighted by Crippen LogP contribution is 2.25. The number of imidazole rings is 1. The minimum Gasteiger partial charge on any atom is -0.337 e. The van der Waals surface area contributed by atoms with Crippen LogP contribution in [0.3, 0.4) is 0 Å². The Hall–Kier alpha value is -2.21. The van der Waals surface area contributed by atoms with E-state index in [9.17, 15) is 4.79 Å². The number of likely N-dealkylation sites (tertiary alicyclic amines) is 1. The van der Waals surface area contributed by atoms with Gasteiger partial charge < -0.3 is 14.4 Å². The lowest BCUT2D eigenvalue weighted by Crippen LogP contribution is -2.50. The summed E-state index contributed by atoms with van der Waals surface area (Å²) in [5.74, 6) is 0.0178. The maximum atomic E-state index is 13.2. The van der Waals surface area contributed by atoms with E-state index in [1.54, 1.807) is 6.20 Å². The lowest BCUT2D eigenvalue weighted by Gasteiger charge is -2.37. The third-order valence-electron chi connectivity index (χ3n) is 5.40. The summed E-state index contributed by atoms with van der Waals surface area (Å²) in [6.45, 7) is 5.78. The molecule has 0 N–H and O–H groups in total. The van der Waals surface area contributed by atoms with Gasteiger partial charge in [0, 0.05) is 31.9 Å². The Labute approximate surface area is 148 Å². The van der Waals surface area contributed by atoms with Gasteiger partial charge in [-0.1, -0.05) is 0 Å². The summed E-state index contributed by atoms with van der Waals surface area (Å²) in [5, 5.41) is 0.